The van der Waals surface area contributed by atoms with Crippen molar-refractivity contribution in [2.75, 3.05) is 32.1 Å². The number of nitrogens with zero attached hydrogens (tertiary/aromatic N) is 3. The Morgan fingerprint density at radius 1 is 1.43 bits per heavy atom. The number of ether oxygens (including phenoxy) is 1. The first-order chi connectivity index (χ1) is 11.1. The molecule has 6 heteroatoms. The van der Waals surface area contributed by atoms with E-state index < -0.39 is 0 Å². The summed E-state index contributed by atoms with van der Waals surface area (Å²) in [4.78, 5) is 19.1. The van der Waals surface area contributed by atoms with Crippen LogP contribution in [0.1, 0.15) is 28.0 Å². The Hall–Kier alpha value is -2.34. The fourth-order valence-corrected chi connectivity index (χ4v) is 2.86. The highest BCUT2D eigenvalue weighted by Gasteiger charge is 2.28. The zero-order valence-electron chi connectivity index (χ0n) is 13.7. The molecule has 122 valence electrons. The molecule has 0 bridgehead atoms. The van der Waals surface area contributed by atoms with Crippen molar-refractivity contribution >= 4 is 11.6 Å². The number of rotatable bonds is 3. The molecule has 0 aromatic carbocycles. The van der Waals surface area contributed by atoms with Crippen LogP contribution >= 0.6 is 0 Å². The van der Waals surface area contributed by atoms with E-state index in [0.717, 1.165) is 17.1 Å². The third kappa shape index (κ3) is 3.22. The standard InChI is InChI=1S/C17H22N4O2/c1-12-9-13(18-2)10-14(19-12)16-11-21(7-8-23-16)17(22)15-5-4-6-20(15)3/h4-6,9-10,16H,7-8,11H2,1-3H3,(H,18,19)/t16-/m0/s1. The van der Waals surface area contributed by atoms with E-state index in [2.05, 4.69) is 10.3 Å². The lowest BCUT2D eigenvalue weighted by molar-refractivity contribution is -0.0250. The molecule has 3 heterocycles. The van der Waals surface area contributed by atoms with Crippen molar-refractivity contribution in [3.63, 3.8) is 0 Å². The van der Waals surface area contributed by atoms with Crippen LogP contribution in [0.3, 0.4) is 0 Å². The molecule has 6 nitrogen and oxygen atoms in total. The van der Waals surface area contributed by atoms with E-state index >= 15 is 0 Å². The fourth-order valence-electron chi connectivity index (χ4n) is 2.86. The zero-order valence-corrected chi connectivity index (χ0v) is 13.7. The molecular formula is C17H22N4O2. The van der Waals surface area contributed by atoms with Gasteiger partial charge in [-0.3, -0.25) is 9.78 Å². The lowest BCUT2D eigenvalue weighted by Crippen LogP contribution is -2.43. The highest BCUT2D eigenvalue weighted by Crippen LogP contribution is 2.24. The molecule has 0 aliphatic carbocycles. The normalized spacial score (nSPS) is 18.0. The average Bonchev–Trinajstić information content (AvgIpc) is 2.99. The Kier molecular flexibility index (Phi) is 4.34. The van der Waals surface area contributed by atoms with Crippen molar-refractivity contribution in [2.45, 2.75) is 13.0 Å². The minimum Gasteiger partial charge on any atom is -0.388 e. The number of pyridine rings is 1. The molecule has 1 saturated heterocycles. The second kappa shape index (κ2) is 6.42. The van der Waals surface area contributed by atoms with Gasteiger partial charge in [0.25, 0.3) is 5.91 Å². The number of amides is 1. The maximum absolute atomic E-state index is 12.7. The van der Waals surface area contributed by atoms with E-state index in [1.165, 1.54) is 0 Å². The molecule has 0 unspecified atom stereocenters. The zero-order chi connectivity index (χ0) is 16.4. The number of aromatic nitrogens is 2. The van der Waals surface area contributed by atoms with Crippen LogP contribution in [0.15, 0.2) is 30.5 Å². The van der Waals surface area contributed by atoms with Crippen LogP contribution in [0.4, 0.5) is 5.69 Å². The van der Waals surface area contributed by atoms with Crippen LogP contribution in [-0.2, 0) is 11.8 Å². The molecule has 1 amide bonds. The summed E-state index contributed by atoms with van der Waals surface area (Å²) in [6.07, 6.45) is 1.69. The van der Waals surface area contributed by atoms with Gasteiger partial charge in [0, 0.05) is 38.2 Å². The number of aryl methyl sites for hydroxylation is 2. The number of carbonyl (C=O) groups excluding carboxylic acids is 1. The van der Waals surface area contributed by atoms with Gasteiger partial charge in [0.2, 0.25) is 0 Å². The Labute approximate surface area is 136 Å². The van der Waals surface area contributed by atoms with Crippen molar-refractivity contribution in [1.29, 1.82) is 0 Å². The smallest absolute Gasteiger partial charge is 0.270 e. The van der Waals surface area contributed by atoms with Gasteiger partial charge >= 0.3 is 0 Å². The third-order valence-electron chi connectivity index (χ3n) is 4.11. The largest absolute Gasteiger partial charge is 0.388 e. The Morgan fingerprint density at radius 2 is 2.26 bits per heavy atom. The van der Waals surface area contributed by atoms with Crippen molar-refractivity contribution < 1.29 is 9.53 Å². The summed E-state index contributed by atoms with van der Waals surface area (Å²) in [6.45, 7) is 3.60. The number of anilines is 1. The third-order valence-corrected chi connectivity index (χ3v) is 4.11. The molecule has 23 heavy (non-hydrogen) atoms. The van der Waals surface area contributed by atoms with Crippen LogP contribution in [0, 0.1) is 6.92 Å². The monoisotopic (exact) mass is 314 g/mol. The minimum absolute atomic E-state index is 0.0345. The quantitative estimate of drug-likeness (QED) is 0.941. The summed E-state index contributed by atoms with van der Waals surface area (Å²) >= 11 is 0. The molecule has 3 rings (SSSR count). The molecule has 2 aromatic heterocycles. The van der Waals surface area contributed by atoms with Crippen molar-refractivity contribution in [2.24, 2.45) is 7.05 Å². The van der Waals surface area contributed by atoms with E-state index in [9.17, 15) is 4.79 Å². The summed E-state index contributed by atoms with van der Waals surface area (Å²) in [5.41, 5.74) is 3.49. The van der Waals surface area contributed by atoms with Crippen LogP contribution in [-0.4, -0.2) is 47.1 Å². The first kappa shape index (κ1) is 15.6. The number of morpholine rings is 1. The average molecular weight is 314 g/mol. The Morgan fingerprint density at radius 3 is 2.96 bits per heavy atom. The predicted molar refractivity (Wildman–Crippen MR) is 88.5 cm³/mol. The number of hydrogen-bond acceptors (Lipinski definition) is 4. The van der Waals surface area contributed by atoms with E-state index in [1.807, 2.05) is 60.9 Å². The second-order valence-electron chi connectivity index (χ2n) is 5.79. The predicted octanol–water partition coefficient (Wildman–Crippen LogP) is 1.98. The maximum atomic E-state index is 12.7. The molecule has 1 atom stereocenters. The molecular weight excluding hydrogens is 292 g/mol. The van der Waals surface area contributed by atoms with Gasteiger partial charge in [0.15, 0.2) is 0 Å². The Bertz CT molecular complexity index is 710. The topological polar surface area (TPSA) is 59.4 Å². The first-order valence-electron chi connectivity index (χ1n) is 7.77. The Balaban J connectivity index is 1.80. The summed E-state index contributed by atoms with van der Waals surface area (Å²) in [5, 5.41) is 3.13. The van der Waals surface area contributed by atoms with Crippen LogP contribution in [0.25, 0.3) is 0 Å². The minimum atomic E-state index is -0.194. The van der Waals surface area contributed by atoms with Crippen LogP contribution in [0.5, 0.6) is 0 Å². The summed E-state index contributed by atoms with van der Waals surface area (Å²) < 4.78 is 7.70. The molecule has 2 aromatic rings. The van der Waals surface area contributed by atoms with E-state index in [-0.39, 0.29) is 12.0 Å². The maximum Gasteiger partial charge on any atom is 0.270 e. The number of nitrogens with one attached hydrogen (secondary N) is 1. The van der Waals surface area contributed by atoms with Crippen molar-refractivity contribution in [3.05, 3.63) is 47.5 Å². The van der Waals surface area contributed by atoms with Crippen LogP contribution in [0.2, 0.25) is 0 Å². The molecule has 0 saturated carbocycles. The lowest BCUT2D eigenvalue weighted by Gasteiger charge is -2.33. The van der Waals surface area contributed by atoms with Gasteiger partial charge in [0.1, 0.15) is 11.8 Å². The van der Waals surface area contributed by atoms with Gasteiger partial charge in [0.05, 0.1) is 18.8 Å². The van der Waals surface area contributed by atoms with Gasteiger partial charge in [-0.15, -0.1) is 0 Å². The fraction of sp³-hybridized carbons (Fsp3) is 0.412. The highest BCUT2D eigenvalue weighted by molar-refractivity contribution is 5.92. The van der Waals surface area contributed by atoms with E-state index in [0.29, 0.717) is 25.4 Å². The van der Waals surface area contributed by atoms with Gasteiger partial charge in [-0.05, 0) is 31.2 Å². The second-order valence-corrected chi connectivity index (χ2v) is 5.79. The van der Waals surface area contributed by atoms with E-state index in [4.69, 9.17) is 4.74 Å². The summed E-state index contributed by atoms with van der Waals surface area (Å²) in [6, 6.07) is 7.69. The number of carbonyl (C=O) groups is 1. The lowest BCUT2D eigenvalue weighted by atomic mass is 10.1. The molecule has 1 fully saturated rings. The molecule has 0 radical (unpaired) electrons. The van der Waals surface area contributed by atoms with E-state index in [1.54, 1.807) is 0 Å². The van der Waals surface area contributed by atoms with Gasteiger partial charge in [-0.2, -0.15) is 0 Å². The SMILES string of the molecule is CNc1cc(C)nc([C@@H]2CN(C(=O)c3cccn3C)CCO2)c1. The molecule has 1 N–H and O–H groups in total. The molecule has 1 aliphatic rings. The molecule has 1 aliphatic heterocycles. The highest BCUT2D eigenvalue weighted by atomic mass is 16.5. The van der Waals surface area contributed by atoms with Gasteiger partial charge in [-0.1, -0.05) is 0 Å². The van der Waals surface area contributed by atoms with Gasteiger partial charge < -0.3 is 19.5 Å². The first-order valence-corrected chi connectivity index (χ1v) is 7.77. The van der Waals surface area contributed by atoms with Crippen LogP contribution < -0.4 is 5.32 Å². The van der Waals surface area contributed by atoms with Crippen molar-refractivity contribution in [3.8, 4) is 0 Å². The number of hydrogen-bond donors (Lipinski definition) is 1. The summed E-state index contributed by atoms with van der Waals surface area (Å²) in [5.74, 6) is 0.0345. The summed E-state index contributed by atoms with van der Waals surface area (Å²) in [7, 11) is 3.76. The van der Waals surface area contributed by atoms with Gasteiger partial charge in [-0.25, -0.2) is 0 Å². The molecule has 0 spiro atoms. The van der Waals surface area contributed by atoms with Crippen molar-refractivity contribution in [1.82, 2.24) is 14.5 Å².